The summed E-state index contributed by atoms with van der Waals surface area (Å²) in [7, 11) is 1.53. The largest absolute Gasteiger partial charge is 0.497 e. The number of alkyl halides is 3. The Kier molecular flexibility index (Phi) is 5.85. The van der Waals surface area contributed by atoms with Gasteiger partial charge in [-0.05, 0) is 24.6 Å². The third-order valence-electron chi connectivity index (χ3n) is 3.28. The summed E-state index contributed by atoms with van der Waals surface area (Å²) >= 11 is 16.8. The molecule has 0 saturated heterocycles. The Morgan fingerprint density at radius 2 is 2.04 bits per heavy atom. The number of ether oxygens (including phenoxy) is 2. The van der Waals surface area contributed by atoms with E-state index in [-0.39, 0.29) is 5.57 Å². The monoisotopic (exact) mass is 392 g/mol. The molecular weight excluding hydrogens is 379 g/mol. The number of esters is 1. The number of rotatable bonds is 4. The maximum absolute atomic E-state index is 12.4. The lowest BCUT2D eigenvalue weighted by molar-refractivity contribution is -0.139. The average Bonchev–Trinajstić information content (AvgIpc) is 2.51. The second-order valence-electron chi connectivity index (χ2n) is 5.04. The predicted molar refractivity (Wildman–Crippen MR) is 91.4 cm³/mol. The zero-order valence-corrected chi connectivity index (χ0v) is 15.1. The molecule has 1 aliphatic heterocycles. The molecule has 0 spiro atoms. The molecule has 2 amide bonds. The summed E-state index contributed by atoms with van der Waals surface area (Å²) in [6.45, 7) is 1.18. The van der Waals surface area contributed by atoms with Crippen molar-refractivity contribution < 1.29 is 19.1 Å². The highest BCUT2D eigenvalue weighted by Gasteiger charge is 2.33. The Morgan fingerprint density at radius 1 is 1.33 bits per heavy atom. The zero-order valence-electron chi connectivity index (χ0n) is 12.9. The Labute approximate surface area is 154 Å². The van der Waals surface area contributed by atoms with Crippen molar-refractivity contribution in [2.24, 2.45) is 0 Å². The number of carbonyl (C=O) groups is 2. The van der Waals surface area contributed by atoms with Gasteiger partial charge in [0.05, 0.1) is 18.7 Å². The van der Waals surface area contributed by atoms with E-state index < -0.39 is 28.4 Å². The third-order valence-corrected chi connectivity index (χ3v) is 3.61. The SMILES string of the molecule is COc1cccc([C@H]2NC(=O)NC(C)=C2C(=O)OCC(Cl)(Cl)Cl)c1. The molecule has 0 saturated carbocycles. The van der Waals surface area contributed by atoms with Gasteiger partial charge in [-0.15, -0.1) is 0 Å². The van der Waals surface area contributed by atoms with Crippen LogP contribution in [0.1, 0.15) is 18.5 Å². The Balaban J connectivity index is 2.34. The van der Waals surface area contributed by atoms with E-state index in [1.165, 1.54) is 7.11 Å². The van der Waals surface area contributed by atoms with E-state index in [1.54, 1.807) is 31.2 Å². The van der Waals surface area contributed by atoms with Crippen LogP contribution in [0.3, 0.4) is 0 Å². The van der Waals surface area contributed by atoms with Crippen molar-refractivity contribution >= 4 is 46.8 Å². The quantitative estimate of drug-likeness (QED) is 0.608. The molecule has 6 nitrogen and oxygen atoms in total. The Hall–Kier alpha value is -1.63. The Bertz CT molecular complexity index is 686. The van der Waals surface area contributed by atoms with Crippen LogP contribution in [0.5, 0.6) is 5.75 Å². The van der Waals surface area contributed by atoms with Gasteiger partial charge < -0.3 is 20.1 Å². The van der Waals surface area contributed by atoms with Gasteiger partial charge in [0.15, 0.2) is 0 Å². The summed E-state index contributed by atoms with van der Waals surface area (Å²) in [6, 6.07) is 5.83. The first kappa shape index (κ1) is 18.7. The molecule has 1 heterocycles. The van der Waals surface area contributed by atoms with Crippen molar-refractivity contribution in [1.82, 2.24) is 10.6 Å². The first-order valence-electron chi connectivity index (χ1n) is 6.87. The molecule has 0 fully saturated rings. The van der Waals surface area contributed by atoms with E-state index in [0.29, 0.717) is 17.0 Å². The van der Waals surface area contributed by atoms with E-state index >= 15 is 0 Å². The van der Waals surface area contributed by atoms with Gasteiger partial charge in [0.1, 0.15) is 12.4 Å². The molecule has 1 aliphatic rings. The molecular formula is C15H15Cl3N2O4. The molecule has 2 rings (SSSR count). The maximum Gasteiger partial charge on any atom is 0.338 e. The zero-order chi connectivity index (χ0) is 17.9. The van der Waals surface area contributed by atoms with Crippen LogP contribution >= 0.6 is 34.8 Å². The van der Waals surface area contributed by atoms with Gasteiger partial charge in [-0.25, -0.2) is 9.59 Å². The van der Waals surface area contributed by atoms with Crippen molar-refractivity contribution in [3.63, 3.8) is 0 Å². The van der Waals surface area contributed by atoms with Crippen LogP contribution in [0.4, 0.5) is 4.79 Å². The number of benzene rings is 1. The van der Waals surface area contributed by atoms with Gasteiger partial charge in [0.2, 0.25) is 3.79 Å². The van der Waals surface area contributed by atoms with E-state index in [4.69, 9.17) is 44.3 Å². The second-order valence-corrected chi connectivity index (χ2v) is 7.55. The lowest BCUT2D eigenvalue weighted by atomic mass is 9.95. The minimum absolute atomic E-state index is 0.220. The van der Waals surface area contributed by atoms with Gasteiger partial charge in [-0.2, -0.15) is 0 Å². The van der Waals surface area contributed by atoms with Crippen LogP contribution in [0.15, 0.2) is 35.5 Å². The molecule has 2 N–H and O–H groups in total. The fourth-order valence-electron chi connectivity index (χ4n) is 2.26. The number of halogens is 3. The second kappa shape index (κ2) is 7.51. The summed E-state index contributed by atoms with van der Waals surface area (Å²) in [5.41, 5.74) is 1.24. The number of nitrogens with one attached hydrogen (secondary N) is 2. The van der Waals surface area contributed by atoms with Crippen molar-refractivity contribution in [1.29, 1.82) is 0 Å². The molecule has 0 aromatic heterocycles. The number of carbonyl (C=O) groups excluding carboxylic acids is 2. The average molecular weight is 394 g/mol. The van der Waals surface area contributed by atoms with Crippen LogP contribution in [0.25, 0.3) is 0 Å². The highest BCUT2D eigenvalue weighted by Crippen LogP contribution is 2.31. The standard InChI is InChI=1S/C15H15Cl3N2O4/c1-8-11(13(21)24-7-15(16,17)18)12(20-14(22)19-8)9-4-3-5-10(6-9)23-2/h3-6,12H,7H2,1-2H3,(H2,19,20,22)/t12-/m1/s1. The van der Waals surface area contributed by atoms with E-state index in [1.807, 2.05) is 0 Å². The minimum atomic E-state index is -1.72. The molecule has 24 heavy (non-hydrogen) atoms. The molecule has 1 aromatic carbocycles. The molecule has 0 aliphatic carbocycles. The van der Waals surface area contributed by atoms with Gasteiger partial charge in [0, 0.05) is 5.70 Å². The van der Waals surface area contributed by atoms with Crippen LogP contribution < -0.4 is 15.4 Å². The van der Waals surface area contributed by atoms with Gasteiger partial charge in [-0.3, -0.25) is 0 Å². The molecule has 1 aromatic rings. The van der Waals surface area contributed by atoms with Crippen molar-refractivity contribution in [2.75, 3.05) is 13.7 Å². The minimum Gasteiger partial charge on any atom is -0.497 e. The number of amides is 2. The fourth-order valence-corrected chi connectivity index (χ4v) is 2.42. The van der Waals surface area contributed by atoms with Crippen molar-refractivity contribution in [2.45, 2.75) is 16.8 Å². The number of methoxy groups -OCH3 is 1. The van der Waals surface area contributed by atoms with Gasteiger partial charge >= 0.3 is 12.0 Å². The molecule has 0 unspecified atom stereocenters. The number of hydrogen-bond acceptors (Lipinski definition) is 4. The van der Waals surface area contributed by atoms with Crippen molar-refractivity contribution in [3.05, 3.63) is 41.1 Å². The summed E-state index contributed by atoms with van der Waals surface area (Å²) < 4.78 is 8.50. The summed E-state index contributed by atoms with van der Waals surface area (Å²) in [5, 5.41) is 5.21. The lowest BCUT2D eigenvalue weighted by Crippen LogP contribution is -2.45. The van der Waals surface area contributed by atoms with Crippen LogP contribution in [-0.4, -0.2) is 29.5 Å². The first-order valence-corrected chi connectivity index (χ1v) is 8.01. The van der Waals surface area contributed by atoms with Gasteiger partial charge in [0.25, 0.3) is 0 Å². The smallest absolute Gasteiger partial charge is 0.338 e. The van der Waals surface area contributed by atoms with Crippen LogP contribution in [0, 0.1) is 0 Å². The van der Waals surface area contributed by atoms with Crippen molar-refractivity contribution in [3.8, 4) is 5.75 Å². The molecule has 0 bridgehead atoms. The molecule has 0 radical (unpaired) electrons. The number of urea groups is 1. The molecule has 130 valence electrons. The highest BCUT2D eigenvalue weighted by atomic mass is 35.6. The maximum atomic E-state index is 12.4. The van der Waals surface area contributed by atoms with E-state index in [9.17, 15) is 9.59 Å². The van der Waals surface area contributed by atoms with Gasteiger partial charge in [-0.1, -0.05) is 46.9 Å². The first-order chi connectivity index (χ1) is 11.2. The predicted octanol–water partition coefficient (Wildman–Crippen LogP) is 3.24. The number of allylic oxidation sites excluding steroid dienone is 1. The topological polar surface area (TPSA) is 76.7 Å². The van der Waals surface area contributed by atoms with Crippen LogP contribution in [-0.2, 0) is 9.53 Å². The van der Waals surface area contributed by atoms with E-state index in [2.05, 4.69) is 10.6 Å². The lowest BCUT2D eigenvalue weighted by Gasteiger charge is -2.28. The summed E-state index contributed by atoms with van der Waals surface area (Å²) in [5.74, 6) is -0.105. The summed E-state index contributed by atoms with van der Waals surface area (Å²) in [4.78, 5) is 24.2. The highest BCUT2D eigenvalue weighted by molar-refractivity contribution is 6.67. The third kappa shape index (κ3) is 4.69. The Morgan fingerprint density at radius 3 is 2.67 bits per heavy atom. The molecule has 1 atom stereocenters. The van der Waals surface area contributed by atoms with Crippen LogP contribution in [0.2, 0.25) is 0 Å². The fraction of sp³-hybridized carbons (Fsp3) is 0.333. The number of hydrogen-bond donors (Lipinski definition) is 2. The molecule has 9 heteroatoms. The normalized spacial score (nSPS) is 17.9. The van der Waals surface area contributed by atoms with E-state index in [0.717, 1.165) is 0 Å². The summed E-state index contributed by atoms with van der Waals surface area (Å²) in [6.07, 6.45) is 0.